The van der Waals surface area contributed by atoms with E-state index in [1.165, 1.54) is 5.56 Å². The van der Waals surface area contributed by atoms with Gasteiger partial charge in [0.15, 0.2) is 5.65 Å². The van der Waals surface area contributed by atoms with Crippen LogP contribution in [0.15, 0.2) is 261 Å². The Bertz CT molecular complexity index is 3890. The molecule has 0 amide bonds. The summed E-state index contributed by atoms with van der Waals surface area (Å²) in [6, 6.07) is 85.4. The number of fused-ring (bicyclic) bond motifs is 1. The lowest BCUT2D eigenvalue weighted by Crippen LogP contribution is -2.41. The van der Waals surface area contributed by atoms with Crippen molar-refractivity contribution in [3.05, 3.63) is 311 Å². The summed E-state index contributed by atoms with van der Waals surface area (Å²) >= 11 is 2.52. The molecule has 13 heteroatoms. The molecule has 0 saturated carbocycles. The van der Waals surface area contributed by atoms with Crippen molar-refractivity contribution in [3.63, 3.8) is 0 Å². The molecule has 0 spiro atoms. The van der Waals surface area contributed by atoms with E-state index in [4.69, 9.17) is 34.4 Å². The number of halogens is 1. The third-order valence-corrected chi connectivity index (χ3v) is 18.7. The fourth-order valence-electron chi connectivity index (χ4n) is 12.6. The van der Waals surface area contributed by atoms with Crippen LogP contribution in [0.1, 0.15) is 83.7 Å². The van der Waals surface area contributed by atoms with Crippen LogP contribution in [0, 0.1) is 5.92 Å². The zero-order chi connectivity index (χ0) is 58.7. The van der Waals surface area contributed by atoms with Gasteiger partial charge in [-0.25, -0.2) is 9.67 Å². The number of nitrogens with one attached hydrogen (secondary N) is 1. The standard InChI is InChI=1S/C73H68BIN8O3/c1-70(2)71(3,4)86-74(85-70)62-47-76-82(50-62)48-53-27-26-42-63(45-53)84-52-55-49-81(51-65(55)54-28-12-5-13-29-54)44-43-66(75)64-46-67(78-72(56-30-14-6-15-31-56,57-32-16-7-17-33-57)58-34-18-8-19-35-58)77-69-68(64)79-80-83(69)73(59-36-20-9-21-37-59,60-38-22-10-23-39-60)61-40-24-11-25-41-61/h5-43,45-47,50,55,65H,44,48-49,51-52H2,1-4H3,(H,77,78)/b66-43-/t55-,65-/m1/s1. The van der Waals surface area contributed by atoms with Gasteiger partial charge in [-0.15, -0.1) is 5.10 Å². The Hall–Kier alpha value is -8.47. The quantitative estimate of drug-likeness (QED) is 0.0481. The molecule has 2 saturated heterocycles. The topological polar surface area (TPSA) is 104 Å². The highest BCUT2D eigenvalue weighted by molar-refractivity contribution is 14.1. The van der Waals surface area contributed by atoms with Crippen LogP contribution in [0.25, 0.3) is 14.7 Å². The van der Waals surface area contributed by atoms with Crippen molar-refractivity contribution < 1.29 is 14.0 Å². The smallest absolute Gasteiger partial charge is 0.493 e. The van der Waals surface area contributed by atoms with E-state index in [1.807, 2.05) is 17.1 Å². The van der Waals surface area contributed by atoms with Gasteiger partial charge in [0.1, 0.15) is 28.2 Å². The maximum Gasteiger partial charge on any atom is 0.498 e. The number of ether oxygens (including phenoxy) is 1. The molecule has 11 nitrogen and oxygen atoms in total. The minimum absolute atomic E-state index is 0.230. The molecule has 2 aliphatic heterocycles. The Labute approximate surface area is 518 Å². The molecule has 3 aromatic heterocycles. The van der Waals surface area contributed by atoms with Crippen molar-refractivity contribution in [2.24, 2.45) is 5.92 Å². The first-order valence-corrected chi connectivity index (χ1v) is 30.7. The fourth-order valence-corrected chi connectivity index (χ4v) is 13.2. The van der Waals surface area contributed by atoms with Crippen LogP contribution >= 0.6 is 22.6 Å². The molecule has 11 aromatic rings. The van der Waals surface area contributed by atoms with Gasteiger partial charge < -0.3 is 19.4 Å². The van der Waals surface area contributed by atoms with Crippen LogP contribution in [0.3, 0.4) is 0 Å². The van der Waals surface area contributed by atoms with Gasteiger partial charge >= 0.3 is 7.12 Å². The summed E-state index contributed by atoms with van der Waals surface area (Å²) < 4.78 is 24.4. The number of hydrogen-bond donors (Lipinski definition) is 1. The summed E-state index contributed by atoms with van der Waals surface area (Å²) in [6.07, 6.45) is 6.20. The Kier molecular flexibility index (Phi) is 15.9. The fraction of sp³-hybridized carbons (Fsp3) is 0.205. The van der Waals surface area contributed by atoms with Crippen molar-refractivity contribution in [2.45, 2.75) is 62.4 Å². The summed E-state index contributed by atoms with van der Waals surface area (Å²) in [6.45, 7) is 11.9. The maximum atomic E-state index is 6.77. The van der Waals surface area contributed by atoms with Gasteiger partial charge in [0.05, 0.1) is 24.4 Å². The van der Waals surface area contributed by atoms with E-state index in [0.29, 0.717) is 36.7 Å². The highest BCUT2D eigenvalue weighted by Crippen LogP contribution is 2.45. The van der Waals surface area contributed by atoms with Crippen LogP contribution in [0.4, 0.5) is 5.82 Å². The van der Waals surface area contributed by atoms with Crippen LogP contribution in [0.2, 0.25) is 0 Å². The predicted octanol–water partition coefficient (Wildman–Crippen LogP) is 14.2. The highest BCUT2D eigenvalue weighted by atomic mass is 127. The van der Waals surface area contributed by atoms with Gasteiger partial charge in [-0.2, -0.15) is 5.10 Å². The van der Waals surface area contributed by atoms with Crippen LogP contribution in [-0.4, -0.2) is 79.2 Å². The van der Waals surface area contributed by atoms with Gasteiger partial charge in [0, 0.05) is 58.5 Å². The molecule has 0 radical (unpaired) electrons. The molecule has 428 valence electrons. The lowest BCUT2D eigenvalue weighted by atomic mass is 9.77. The summed E-state index contributed by atoms with van der Waals surface area (Å²) in [5.74, 6) is 2.00. The van der Waals surface area contributed by atoms with E-state index in [1.54, 1.807) is 0 Å². The van der Waals surface area contributed by atoms with Crippen molar-refractivity contribution in [1.82, 2.24) is 34.7 Å². The minimum Gasteiger partial charge on any atom is -0.493 e. The third kappa shape index (κ3) is 11.0. The normalized spacial score (nSPS) is 17.0. The number of benzene rings is 8. The lowest BCUT2D eigenvalue weighted by Gasteiger charge is -2.38. The van der Waals surface area contributed by atoms with E-state index >= 15 is 0 Å². The SMILES string of the molecule is CC1(C)OB(c2cnn(Cc3cccc(OC[C@H]4CN(C/C=C(\I)c5cc(NC(c6ccccc6)(c6ccccc6)c6ccccc6)nc6c5nnn6C(c5ccccc5)(c5ccccc5)c5ccccc5)C[C@@H]4c4ccccc4)c3)c2)OC1(C)C. The first-order valence-electron chi connectivity index (χ1n) is 29.6. The molecular weight excluding hydrogens is 1170 g/mol. The van der Waals surface area contributed by atoms with Crippen molar-refractivity contribution in [2.75, 3.05) is 31.6 Å². The Morgan fingerprint density at radius 2 is 1.15 bits per heavy atom. The summed E-state index contributed by atoms with van der Waals surface area (Å²) in [4.78, 5) is 8.28. The maximum absolute atomic E-state index is 6.77. The predicted molar refractivity (Wildman–Crippen MR) is 353 cm³/mol. The summed E-state index contributed by atoms with van der Waals surface area (Å²) in [5.41, 5.74) is 9.16. The Morgan fingerprint density at radius 3 is 1.69 bits per heavy atom. The molecule has 0 aliphatic carbocycles. The molecular formula is C73H68BIN8O3. The van der Waals surface area contributed by atoms with E-state index in [9.17, 15) is 0 Å². The number of likely N-dealkylation sites (tertiary alicyclic amines) is 1. The van der Waals surface area contributed by atoms with E-state index in [-0.39, 0.29) is 11.8 Å². The summed E-state index contributed by atoms with van der Waals surface area (Å²) in [5, 5.41) is 19.3. The van der Waals surface area contributed by atoms with Gasteiger partial charge in [0.2, 0.25) is 0 Å². The largest absolute Gasteiger partial charge is 0.498 e. The monoisotopic (exact) mass is 1240 g/mol. The van der Waals surface area contributed by atoms with Crippen LogP contribution in [0.5, 0.6) is 5.75 Å². The second-order valence-electron chi connectivity index (χ2n) is 23.6. The average Bonchev–Trinajstić information content (AvgIpc) is 1.32. The number of anilines is 1. The minimum atomic E-state index is -0.980. The molecule has 2 fully saturated rings. The van der Waals surface area contributed by atoms with Crippen molar-refractivity contribution in [3.8, 4) is 5.75 Å². The first kappa shape index (κ1) is 56.7. The number of rotatable bonds is 19. The zero-order valence-electron chi connectivity index (χ0n) is 48.8. The lowest BCUT2D eigenvalue weighted by molar-refractivity contribution is 0.00578. The molecule has 1 N–H and O–H groups in total. The van der Waals surface area contributed by atoms with Gasteiger partial charge in [-0.1, -0.05) is 236 Å². The molecule has 86 heavy (non-hydrogen) atoms. The third-order valence-electron chi connectivity index (χ3n) is 17.7. The first-order chi connectivity index (χ1) is 42.0. The average molecular weight is 1240 g/mol. The van der Waals surface area contributed by atoms with Gasteiger partial charge in [0.25, 0.3) is 0 Å². The second kappa shape index (κ2) is 24.1. The number of aromatic nitrogens is 6. The second-order valence-corrected chi connectivity index (χ2v) is 24.7. The highest BCUT2D eigenvalue weighted by Gasteiger charge is 2.52. The summed E-state index contributed by atoms with van der Waals surface area (Å²) in [7, 11) is -0.465. The van der Waals surface area contributed by atoms with Crippen LogP contribution in [-0.2, 0) is 26.9 Å². The molecule has 2 atom stereocenters. The number of pyridine rings is 1. The van der Waals surface area contributed by atoms with E-state index in [0.717, 1.165) is 72.4 Å². The molecule has 8 aromatic carbocycles. The molecule has 0 unspecified atom stereocenters. The van der Waals surface area contributed by atoms with E-state index < -0.39 is 29.4 Å². The molecule has 5 heterocycles. The number of hydrogen-bond acceptors (Lipinski definition) is 9. The number of nitrogens with zero attached hydrogens (tertiary/aromatic N) is 7. The Morgan fingerprint density at radius 1 is 0.640 bits per heavy atom. The van der Waals surface area contributed by atoms with Gasteiger partial charge in [-0.3, -0.25) is 9.58 Å². The van der Waals surface area contributed by atoms with Crippen LogP contribution < -0.4 is 15.5 Å². The molecule has 2 aliphatic rings. The van der Waals surface area contributed by atoms with Crippen molar-refractivity contribution >= 4 is 55.7 Å². The molecule has 0 bridgehead atoms. The van der Waals surface area contributed by atoms with E-state index in [2.05, 4.69) is 314 Å². The van der Waals surface area contributed by atoms with Crippen molar-refractivity contribution in [1.29, 1.82) is 0 Å². The molecule has 13 rings (SSSR count). The Balaban J connectivity index is 0.862. The zero-order valence-corrected chi connectivity index (χ0v) is 51.0. The van der Waals surface area contributed by atoms with Gasteiger partial charge in [-0.05, 0) is 113 Å².